The van der Waals surface area contributed by atoms with Crippen molar-refractivity contribution in [2.24, 2.45) is 0 Å². The number of ether oxygens (including phenoxy) is 1. The second kappa shape index (κ2) is 7.37. The van der Waals surface area contributed by atoms with Crippen LogP contribution in [0.4, 0.5) is 17.1 Å². The molecule has 0 aromatic heterocycles. The molecule has 0 amide bonds. The highest BCUT2D eigenvalue weighted by Crippen LogP contribution is 2.23. The van der Waals surface area contributed by atoms with Gasteiger partial charge in [-0.2, -0.15) is 0 Å². The molecule has 2 rings (SSSR count). The molecule has 0 aliphatic rings. The van der Waals surface area contributed by atoms with Crippen molar-refractivity contribution < 1.29 is 9.66 Å². The lowest BCUT2D eigenvalue weighted by Gasteiger charge is -2.11. The molecule has 7 heteroatoms. The third-order valence-corrected chi connectivity index (χ3v) is 2.98. The number of nitrogens with zero attached hydrogens (tertiary/aromatic N) is 1. The van der Waals surface area contributed by atoms with E-state index in [0.717, 1.165) is 11.4 Å². The van der Waals surface area contributed by atoms with Crippen molar-refractivity contribution in [3.05, 3.63) is 58.6 Å². The Bertz CT molecular complexity index is 674. The number of hydrogen-bond acceptors (Lipinski definition) is 4. The average molecular weight is 317 g/mol. The fourth-order valence-electron chi connectivity index (χ4n) is 1.82. The van der Waals surface area contributed by atoms with Crippen LogP contribution in [0.2, 0.25) is 0 Å². The van der Waals surface area contributed by atoms with Crippen LogP contribution in [-0.2, 0) is 0 Å². The maximum Gasteiger partial charge on any atom is 0.292 e. The number of nitrogens with one attached hydrogen (secondary N) is 2. The van der Waals surface area contributed by atoms with E-state index in [9.17, 15) is 10.1 Å². The number of rotatable bonds is 5. The van der Waals surface area contributed by atoms with E-state index in [1.165, 1.54) is 6.07 Å². The molecule has 0 unspecified atom stereocenters. The number of benzene rings is 2. The van der Waals surface area contributed by atoms with Gasteiger partial charge in [-0.05, 0) is 49.5 Å². The van der Waals surface area contributed by atoms with Gasteiger partial charge in [-0.15, -0.1) is 0 Å². The molecule has 0 saturated carbocycles. The van der Waals surface area contributed by atoms with Gasteiger partial charge in [-0.1, -0.05) is 12.1 Å². The van der Waals surface area contributed by atoms with Gasteiger partial charge in [0.25, 0.3) is 5.69 Å². The summed E-state index contributed by atoms with van der Waals surface area (Å²) in [7, 11) is 0. The second-order valence-corrected chi connectivity index (χ2v) is 4.72. The average Bonchev–Trinajstić information content (AvgIpc) is 2.50. The van der Waals surface area contributed by atoms with Crippen LogP contribution < -0.4 is 15.4 Å². The SMILES string of the molecule is CCOc1ccc(NC(=S)Nc2ccccc2[N+](=O)[O-])cc1. The van der Waals surface area contributed by atoms with Gasteiger partial charge in [-0.3, -0.25) is 10.1 Å². The molecule has 0 aliphatic carbocycles. The molecule has 0 aliphatic heterocycles. The van der Waals surface area contributed by atoms with Gasteiger partial charge >= 0.3 is 0 Å². The first kappa shape index (κ1) is 15.7. The van der Waals surface area contributed by atoms with Crippen LogP contribution in [0.1, 0.15) is 6.92 Å². The Morgan fingerprint density at radius 3 is 2.50 bits per heavy atom. The summed E-state index contributed by atoms with van der Waals surface area (Å²) >= 11 is 5.17. The van der Waals surface area contributed by atoms with Gasteiger partial charge in [0.15, 0.2) is 5.11 Å². The molecule has 0 saturated heterocycles. The van der Waals surface area contributed by atoms with Crippen molar-refractivity contribution in [1.29, 1.82) is 0 Å². The number of hydrogen-bond donors (Lipinski definition) is 2. The lowest BCUT2D eigenvalue weighted by molar-refractivity contribution is -0.383. The molecule has 114 valence electrons. The second-order valence-electron chi connectivity index (χ2n) is 4.31. The number of nitro benzene ring substituents is 1. The number of para-hydroxylation sites is 2. The van der Waals surface area contributed by atoms with Crippen LogP contribution >= 0.6 is 12.2 Å². The van der Waals surface area contributed by atoms with Crippen molar-refractivity contribution in [1.82, 2.24) is 0 Å². The first-order chi connectivity index (χ1) is 10.6. The lowest BCUT2D eigenvalue weighted by Crippen LogP contribution is -2.19. The zero-order chi connectivity index (χ0) is 15.9. The zero-order valence-corrected chi connectivity index (χ0v) is 12.7. The molecule has 2 N–H and O–H groups in total. The summed E-state index contributed by atoms with van der Waals surface area (Å²) < 4.78 is 5.35. The van der Waals surface area contributed by atoms with Crippen molar-refractivity contribution >= 4 is 34.4 Å². The predicted molar refractivity (Wildman–Crippen MR) is 90.6 cm³/mol. The minimum Gasteiger partial charge on any atom is -0.494 e. The Hall–Kier alpha value is -2.67. The van der Waals surface area contributed by atoms with Crippen LogP contribution in [0.25, 0.3) is 0 Å². The summed E-state index contributed by atoms with van der Waals surface area (Å²) in [6, 6.07) is 13.6. The topological polar surface area (TPSA) is 76.4 Å². The molecular weight excluding hydrogens is 302 g/mol. The smallest absolute Gasteiger partial charge is 0.292 e. The van der Waals surface area contributed by atoms with Crippen LogP contribution in [0.5, 0.6) is 5.75 Å². The summed E-state index contributed by atoms with van der Waals surface area (Å²) in [5, 5.41) is 17.0. The molecule has 0 fully saturated rings. The third kappa shape index (κ3) is 4.16. The van der Waals surface area contributed by atoms with Gasteiger partial charge in [0.1, 0.15) is 11.4 Å². The number of anilines is 2. The quantitative estimate of drug-likeness (QED) is 0.496. The zero-order valence-electron chi connectivity index (χ0n) is 11.9. The van der Waals surface area contributed by atoms with Gasteiger partial charge < -0.3 is 15.4 Å². The summed E-state index contributed by atoms with van der Waals surface area (Å²) in [5.74, 6) is 0.769. The molecule has 2 aromatic carbocycles. The minimum atomic E-state index is -0.457. The summed E-state index contributed by atoms with van der Waals surface area (Å²) in [6.07, 6.45) is 0. The first-order valence-electron chi connectivity index (χ1n) is 6.64. The normalized spacial score (nSPS) is 9.86. The van der Waals surface area contributed by atoms with Crippen molar-refractivity contribution in [3.8, 4) is 5.75 Å². The predicted octanol–water partition coefficient (Wildman–Crippen LogP) is 3.80. The molecular formula is C15H15N3O3S. The molecule has 0 spiro atoms. The fraction of sp³-hybridized carbons (Fsp3) is 0.133. The summed E-state index contributed by atoms with van der Waals surface area (Å²) in [5.41, 5.74) is 1.08. The van der Waals surface area contributed by atoms with Crippen LogP contribution in [0.3, 0.4) is 0 Å². The molecule has 0 radical (unpaired) electrons. The maximum absolute atomic E-state index is 10.9. The largest absolute Gasteiger partial charge is 0.494 e. The van der Waals surface area contributed by atoms with Crippen LogP contribution in [0, 0.1) is 10.1 Å². The lowest BCUT2D eigenvalue weighted by atomic mass is 10.2. The molecule has 2 aromatic rings. The highest BCUT2D eigenvalue weighted by molar-refractivity contribution is 7.80. The van der Waals surface area contributed by atoms with Crippen LogP contribution in [-0.4, -0.2) is 16.6 Å². The van der Waals surface area contributed by atoms with E-state index >= 15 is 0 Å². The van der Waals surface area contributed by atoms with E-state index in [-0.39, 0.29) is 10.8 Å². The standard InChI is InChI=1S/C15H15N3O3S/c1-2-21-12-9-7-11(8-10-12)16-15(22)17-13-5-3-4-6-14(13)18(19)20/h3-10H,2H2,1H3,(H2,16,17,22). The van der Waals surface area contributed by atoms with E-state index in [4.69, 9.17) is 17.0 Å². The third-order valence-electron chi connectivity index (χ3n) is 2.77. The van der Waals surface area contributed by atoms with E-state index in [1.54, 1.807) is 18.2 Å². The van der Waals surface area contributed by atoms with E-state index in [2.05, 4.69) is 10.6 Å². The highest BCUT2D eigenvalue weighted by Gasteiger charge is 2.13. The van der Waals surface area contributed by atoms with E-state index in [1.807, 2.05) is 31.2 Å². The van der Waals surface area contributed by atoms with E-state index < -0.39 is 4.92 Å². The Morgan fingerprint density at radius 2 is 1.86 bits per heavy atom. The number of thiocarbonyl (C=S) groups is 1. The van der Waals surface area contributed by atoms with Crippen molar-refractivity contribution in [3.63, 3.8) is 0 Å². The Kier molecular flexibility index (Phi) is 5.26. The van der Waals surface area contributed by atoms with Crippen molar-refractivity contribution in [2.75, 3.05) is 17.2 Å². The molecule has 22 heavy (non-hydrogen) atoms. The van der Waals surface area contributed by atoms with Crippen LogP contribution in [0.15, 0.2) is 48.5 Å². The summed E-state index contributed by atoms with van der Waals surface area (Å²) in [4.78, 5) is 10.5. The van der Waals surface area contributed by atoms with Gasteiger partial charge in [-0.25, -0.2) is 0 Å². The molecule has 0 atom stereocenters. The molecule has 0 bridgehead atoms. The maximum atomic E-state index is 10.9. The highest BCUT2D eigenvalue weighted by atomic mass is 32.1. The van der Waals surface area contributed by atoms with Gasteiger partial charge in [0.05, 0.1) is 11.5 Å². The monoisotopic (exact) mass is 317 g/mol. The molecule has 0 heterocycles. The first-order valence-corrected chi connectivity index (χ1v) is 7.05. The van der Waals surface area contributed by atoms with Gasteiger partial charge in [0.2, 0.25) is 0 Å². The fourth-order valence-corrected chi connectivity index (χ4v) is 2.05. The van der Waals surface area contributed by atoms with E-state index in [0.29, 0.717) is 12.3 Å². The van der Waals surface area contributed by atoms with Crippen molar-refractivity contribution in [2.45, 2.75) is 6.92 Å². The Labute approximate surface area is 133 Å². The number of nitro groups is 1. The Morgan fingerprint density at radius 1 is 1.18 bits per heavy atom. The Balaban J connectivity index is 2.02. The minimum absolute atomic E-state index is 0.0293. The van der Waals surface area contributed by atoms with Gasteiger partial charge in [0, 0.05) is 11.8 Å². The molecule has 6 nitrogen and oxygen atoms in total. The summed E-state index contributed by atoms with van der Waals surface area (Å²) in [6.45, 7) is 2.52.